The zero-order valence-electron chi connectivity index (χ0n) is 10.1. The van der Waals surface area contributed by atoms with Crippen molar-refractivity contribution < 1.29 is 4.42 Å². The van der Waals surface area contributed by atoms with E-state index in [1.54, 1.807) is 6.26 Å². The van der Waals surface area contributed by atoms with Gasteiger partial charge in [-0.15, -0.1) is 0 Å². The molecule has 1 saturated carbocycles. The lowest BCUT2D eigenvalue weighted by Gasteiger charge is -2.30. The summed E-state index contributed by atoms with van der Waals surface area (Å²) in [7, 11) is 2.17. The van der Waals surface area contributed by atoms with E-state index in [2.05, 4.69) is 11.9 Å². The van der Waals surface area contributed by atoms with Crippen molar-refractivity contribution in [3.63, 3.8) is 0 Å². The van der Waals surface area contributed by atoms with Crippen molar-refractivity contribution >= 4 is 0 Å². The zero-order valence-corrected chi connectivity index (χ0v) is 10.1. The van der Waals surface area contributed by atoms with Gasteiger partial charge in [0.15, 0.2) is 0 Å². The maximum atomic E-state index is 6.00. The molecule has 1 aliphatic carbocycles. The Morgan fingerprint density at radius 2 is 2.38 bits per heavy atom. The van der Waals surface area contributed by atoms with Crippen LogP contribution >= 0.6 is 0 Å². The number of hydrogen-bond donors (Lipinski definition) is 1. The molecule has 0 aliphatic heterocycles. The number of furan rings is 1. The summed E-state index contributed by atoms with van der Waals surface area (Å²) >= 11 is 0. The van der Waals surface area contributed by atoms with Crippen LogP contribution in [0.3, 0.4) is 0 Å². The van der Waals surface area contributed by atoms with E-state index in [1.165, 1.54) is 31.2 Å². The van der Waals surface area contributed by atoms with Crippen LogP contribution in [-0.4, -0.2) is 24.5 Å². The number of nitrogens with zero attached hydrogens (tertiary/aromatic N) is 1. The normalized spacial score (nSPS) is 26.2. The molecule has 0 aromatic carbocycles. The number of rotatable bonds is 4. The van der Waals surface area contributed by atoms with Gasteiger partial charge < -0.3 is 15.1 Å². The first-order valence-corrected chi connectivity index (χ1v) is 6.19. The standard InChI is InChI=1S/C13H22N2O/c1-15(9-12-5-6-16-10-12)8-11-3-2-4-13(14)7-11/h5-6,10-11,13H,2-4,7-9,14H2,1H3. The molecule has 2 atom stereocenters. The van der Waals surface area contributed by atoms with Crippen molar-refractivity contribution in [1.29, 1.82) is 0 Å². The van der Waals surface area contributed by atoms with Crippen LogP contribution in [0.25, 0.3) is 0 Å². The van der Waals surface area contributed by atoms with E-state index in [9.17, 15) is 0 Å². The molecule has 3 heteroatoms. The molecule has 0 bridgehead atoms. The molecule has 2 rings (SSSR count). The molecule has 0 radical (unpaired) electrons. The highest BCUT2D eigenvalue weighted by Crippen LogP contribution is 2.24. The van der Waals surface area contributed by atoms with Gasteiger partial charge in [0.25, 0.3) is 0 Å². The summed E-state index contributed by atoms with van der Waals surface area (Å²) in [6.07, 6.45) is 8.59. The van der Waals surface area contributed by atoms with E-state index < -0.39 is 0 Å². The van der Waals surface area contributed by atoms with Gasteiger partial charge in [-0.05, 0) is 38.3 Å². The van der Waals surface area contributed by atoms with Crippen LogP contribution < -0.4 is 5.73 Å². The van der Waals surface area contributed by atoms with Gasteiger partial charge in [0, 0.05) is 24.7 Å². The van der Waals surface area contributed by atoms with Gasteiger partial charge in [-0.1, -0.05) is 6.42 Å². The van der Waals surface area contributed by atoms with Crippen molar-refractivity contribution in [3.8, 4) is 0 Å². The fourth-order valence-corrected chi connectivity index (χ4v) is 2.70. The second kappa shape index (κ2) is 5.51. The molecule has 1 aromatic heterocycles. The van der Waals surface area contributed by atoms with Crippen LogP contribution in [0, 0.1) is 5.92 Å². The highest BCUT2D eigenvalue weighted by atomic mass is 16.3. The van der Waals surface area contributed by atoms with Crippen LogP contribution in [0.2, 0.25) is 0 Å². The molecule has 0 amide bonds. The summed E-state index contributed by atoms with van der Waals surface area (Å²) < 4.78 is 5.08. The third-order valence-corrected chi connectivity index (χ3v) is 3.43. The Hall–Kier alpha value is -0.800. The van der Waals surface area contributed by atoms with Gasteiger partial charge in [0.1, 0.15) is 0 Å². The van der Waals surface area contributed by atoms with Crippen molar-refractivity contribution in [3.05, 3.63) is 24.2 Å². The fraction of sp³-hybridized carbons (Fsp3) is 0.692. The van der Waals surface area contributed by atoms with E-state index >= 15 is 0 Å². The van der Waals surface area contributed by atoms with Gasteiger partial charge in [0.2, 0.25) is 0 Å². The lowest BCUT2D eigenvalue weighted by molar-refractivity contribution is 0.216. The van der Waals surface area contributed by atoms with Crippen molar-refractivity contribution in [2.75, 3.05) is 13.6 Å². The molecule has 1 aromatic rings. The first kappa shape index (κ1) is 11.7. The predicted molar refractivity (Wildman–Crippen MR) is 65.0 cm³/mol. The van der Waals surface area contributed by atoms with E-state index in [0.717, 1.165) is 19.0 Å². The third kappa shape index (κ3) is 3.35. The monoisotopic (exact) mass is 222 g/mol. The van der Waals surface area contributed by atoms with Crippen molar-refractivity contribution in [2.45, 2.75) is 38.3 Å². The highest BCUT2D eigenvalue weighted by Gasteiger charge is 2.20. The lowest BCUT2D eigenvalue weighted by atomic mass is 9.86. The topological polar surface area (TPSA) is 42.4 Å². The molecule has 3 nitrogen and oxygen atoms in total. The van der Waals surface area contributed by atoms with Crippen LogP contribution in [-0.2, 0) is 6.54 Å². The average molecular weight is 222 g/mol. The van der Waals surface area contributed by atoms with Crippen LogP contribution in [0.4, 0.5) is 0 Å². The van der Waals surface area contributed by atoms with Crippen molar-refractivity contribution in [1.82, 2.24) is 4.90 Å². The van der Waals surface area contributed by atoms with Gasteiger partial charge in [-0.3, -0.25) is 0 Å². The fourth-order valence-electron chi connectivity index (χ4n) is 2.70. The molecule has 1 heterocycles. The Morgan fingerprint density at radius 3 is 3.06 bits per heavy atom. The summed E-state index contributed by atoms with van der Waals surface area (Å²) in [5.74, 6) is 0.778. The Labute approximate surface area is 97.6 Å². The van der Waals surface area contributed by atoms with Crippen LogP contribution in [0.5, 0.6) is 0 Å². The summed E-state index contributed by atoms with van der Waals surface area (Å²) in [6, 6.07) is 2.46. The van der Waals surface area contributed by atoms with E-state index in [1.807, 2.05) is 12.3 Å². The molecule has 1 fully saturated rings. The molecule has 16 heavy (non-hydrogen) atoms. The summed E-state index contributed by atoms with van der Waals surface area (Å²) in [5, 5.41) is 0. The van der Waals surface area contributed by atoms with Gasteiger partial charge in [-0.25, -0.2) is 0 Å². The predicted octanol–water partition coefficient (Wildman–Crippen LogP) is 2.23. The zero-order chi connectivity index (χ0) is 11.4. The quantitative estimate of drug-likeness (QED) is 0.849. The summed E-state index contributed by atoms with van der Waals surface area (Å²) in [5.41, 5.74) is 7.26. The van der Waals surface area contributed by atoms with Crippen LogP contribution in [0.15, 0.2) is 23.0 Å². The average Bonchev–Trinajstić information content (AvgIpc) is 2.70. The molecular weight excluding hydrogens is 200 g/mol. The smallest absolute Gasteiger partial charge is 0.0947 e. The molecule has 2 unspecified atom stereocenters. The van der Waals surface area contributed by atoms with E-state index in [4.69, 9.17) is 10.2 Å². The van der Waals surface area contributed by atoms with Crippen molar-refractivity contribution in [2.24, 2.45) is 11.7 Å². The molecular formula is C13H22N2O. The summed E-state index contributed by atoms with van der Waals surface area (Å²) in [4.78, 5) is 2.37. The van der Waals surface area contributed by atoms with Gasteiger partial charge in [-0.2, -0.15) is 0 Å². The minimum absolute atomic E-state index is 0.432. The summed E-state index contributed by atoms with van der Waals surface area (Å²) in [6.45, 7) is 2.13. The molecule has 1 aliphatic rings. The maximum absolute atomic E-state index is 6.00. The van der Waals surface area contributed by atoms with Gasteiger partial charge in [0.05, 0.1) is 12.5 Å². The van der Waals surface area contributed by atoms with E-state index in [0.29, 0.717) is 6.04 Å². The first-order valence-electron chi connectivity index (χ1n) is 6.19. The Balaban J connectivity index is 1.76. The molecule has 0 spiro atoms. The minimum atomic E-state index is 0.432. The van der Waals surface area contributed by atoms with E-state index in [-0.39, 0.29) is 0 Å². The third-order valence-electron chi connectivity index (χ3n) is 3.43. The van der Waals surface area contributed by atoms with Crippen LogP contribution in [0.1, 0.15) is 31.2 Å². The maximum Gasteiger partial charge on any atom is 0.0947 e. The molecule has 0 saturated heterocycles. The van der Waals surface area contributed by atoms with Gasteiger partial charge >= 0.3 is 0 Å². The highest BCUT2D eigenvalue weighted by molar-refractivity contribution is 5.04. The Morgan fingerprint density at radius 1 is 1.50 bits per heavy atom. The second-order valence-corrected chi connectivity index (χ2v) is 5.12. The number of nitrogens with two attached hydrogens (primary N) is 1. The molecule has 2 N–H and O–H groups in total. The molecule has 90 valence electrons. The Bertz CT molecular complexity index is 297. The largest absolute Gasteiger partial charge is 0.472 e. The second-order valence-electron chi connectivity index (χ2n) is 5.12. The number of hydrogen-bond acceptors (Lipinski definition) is 3. The SMILES string of the molecule is CN(Cc1ccoc1)CC1CCCC(N)C1. The first-order chi connectivity index (χ1) is 7.74. The lowest BCUT2D eigenvalue weighted by Crippen LogP contribution is -2.34. The minimum Gasteiger partial charge on any atom is -0.472 e. The Kier molecular flexibility index (Phi) is 4.02.